The zero-order chi connectivity index (χ0) is 13.6. The van der Waals surface area contributed by atoms with E-state index in [1.807, 2.05) is 0 Å². The van der Waals surface area contributed by atoms with Gasteiger partial charge < -0.3 is 16.0 Å². The van der Waals surface area contributed by atoms with Crippen molar-refractivity contribution in [3.8, 4) is 0 Å². The Morgan fingerprint density at radius 2 is 2.28 bits per heavy atom. The predicted octanol–water partition coefficient (Wildman–Crippen LogP) is 1.08. The van der Waals surface area contributed by atoms with Crippen molar-refractivity contribution >= 4 is 5.91 Å². The highest BCUT2D eigenvalue weighted by molar-refractivity contribution is 5.78. The lowest BCUT2D eigenvalue weighted by Crippen LogP contribution is -2.38. The second-order valence-corrected chi connectivity index (χ2v) is 5.82. The average molecular weight is 252 g/mol. The molecule has 0 bridgehead atoms. The number of nitrogens with two attached hydrogens (primary N) is 1. The Morgan fingerprint density at radius 1 is 1.56 bits per heavy atom. The Morgan fingerprint density at radius 3 is 2.78 bits per heavy atom. The van der Waals surface area contributed by atoms with Gasteiger partial charge in [0.25, 0.3) is 0 Å². The van der Waals surface area contributed by atoms with Crippen molar-refractivity contribution in [1.29, 1.82) is 0 Å². The molecule has 5 heteroatoms. The molecule has 1 atom stereocenters. The number of imidazole rings is 1. The highest BCUT2D eigenvalue weighted by Crippen LogP contribution is 2.23. The third-order valence-corrected chi connectivity index (χ3v) is 2.76. The monoisotopic (exact) mass is 252 g/mol. The van der Waals surface area contributed by atoms with Gasteiger partial charge in [-0.2, -0.15) is 0 Å². The molecule has 0 saturated heterocycles. The van der Waals surface area contributed by atoms with Crippen LogP contribution < -0.4 is 11.1 Å². The Balaban J connectivity index is 2.33. The zero-order valence-electron chi connectivity index (χ0n) is 11.5. The third kappa shape index (κ3) is 5.31. The van der Waals surface area contributed by atoms with Gasteiger partial charge in [0.2, 0.25) is 5.91 Å². The van der Waals surface area contributed by atoms with Gasteiger partial charge >= 0.3 is 0 Å². The largest absolute Gasteiger partial charge is 0.355 e. The average Bonchev–Trinajstić information content (AvgIpc) is 2.77. The van der Waals surface area contributed by atoms with Crippen LogP contribution >= 0.6 is 0 Å². The van der Waals surface area contributed by atoms with Crippen LogP contribution in [0.4, 0.5) is 0 Å². The van der Waals surface area contributed by atoms with E-state index in [0.717, 1.165) is 18.5 Å². The molecule has 5 nitrogen and oxygen atoms in total. The SMILES string of the molecule is CC(C)(C)CC(CN)C(=O)NCCc1cnc[nH]1. The van der Waals surface area contributed by atoms with Crippen LogP contribution in [0.25, 0.3) is 0 Å². The van der Waals surface area contributed by atoms with Crippen LogP contribution in [0.2, 0.25) is 0 Å². The van der Waals surface area contributed by atoms with Gasteiger partial charge in [-0.1, -0.05) is 20.8 Å². The summed E-state index contributed by atoms with van der Waals surface area (Å²) in [6.07, 6.45) is 4.97. The van der Waals surface area contributed by atoms with Crippen LogP contribution in [0, 0.1) is 11.3 Å². The van der Waals surface area contributed by atoms with Gasteiger partial charge in [-0.05, 0) is 11.8 Å². The summed E-state index contributed by atoms with van der Waals surface area (Å²) < 4.78 is 0. The summed E-state index contributed by atoms with van der Waals surface area (Å²) in [7, 11) is 0. The molecule has 1 rings (SSSR count). The molecule has 0 aliphatic rings. The molecule has 0 aromatic carbocycles. The Labute approximate surface area is 109 Å². The molecule has 18 heavy (non-hydrogen) atoms. The molecular formula is C13H24N4O. The lowest BCUT2D eigenvalue weighted by Gasteiger charge is -2.24. The van der Waals surface area contributed by atoms with E-state index in [2.05, 4.69) is 36.1 Å². The molecular weight excluding hydrogens is 228 g/mol. The number of nitrogens with zero attached hydrogens (tertiary/aromatic N) is 1. The van der Waals surface area contributed by atoms with Crippen LogP contribution in [0.15, 0.2) is 12.5 Å². The van der Waals surface area contributed by atoms with E-state index >= 15 is 0 Å². The first-order valence-electron chi connectivity index (χ1n) is 6.37. The highest BCUT2D eigenvalue weighted by Gasteiger charge is 2.23. The topological polar surface area (TPSA) is 83.8 Å². The van der Waals surface area contributed by atoms with Gasteiger partial charge in [0, 0.05) is 31.4 Å². The van der Waals surface area contributed by atoms with Crippen LogP contribution in [-0.2, 0) is 11.2 Å². The fourth-order valence-corrected chi connectivity index (χ4v) is 1.91. The van der Waals surface area contributed by atoms with Crippen LogP contribution in [-0.4, -0.2) is 29.0 Å². The quantitative estimate of drug-likeness (QED) is 0.708. The number of carbonyl (C=O) groups excluding carboxylic acids is 1. The molecule has 0 aliphatic heterocycles. The van der Waals surface area contributed by atoms with Gasteiger partial charge in [0.05, 0.1) is 12.2 Å². The van der Waals surface area contributed by atoms with Crippen molar-refractivity contribution in [1.82, 2.24) is 15.3 Å². The number of nitrogens with one attached hydrogen (secondary N) is 2. The van der Waals surface area contributed by atoms with E-state index < -0.39 is 0 Å². The van der Waals surface area contributed by atoms with E-state index in [1.54, 1.807) is 12.5 Å². The van der Waals surface area contributed by atoms with Gasteiger partial charge in [-0.3, -0.25) is 4.79 Å². The fourth-order valence-electron chi connectivity index (χ4n) is 1.91. The zero-order valence-corrected chi connectivity index (χ0v) is 11.5. The van der Waals surface area contributed by atoms with Crippen LogP contribution in [0.3, 0.4) is 0 Å². The maximum absolute atomic E-state index is 12.0. The highest BCUT2D eigenvalue weighted by atomic mass is 16.1. The van der Waals surface area contributed by atoms with E-state index in [-0.39, 0.29) is 17.2 Å². The number of carbonyl (C=O) groups is 1. The minimum absolute atomic E-state index is 0.0481. The van der Waals surface area contributed by atoms with Crippen molar-refractivity contribution in [3.63, 3.8) is 0 Å². The Kier molecular flexibility index (Phi) is 5.34. The summed E-state index contributed by atoms with van der Waals surface area (Å²) in [5.74, 6) is -0.0568. The van der Waals surface area contributed by atoms with Gasteiger partial charge in [-0.15, -0.1) is 0 Å². The smallest absolute Gasteiger partial charge is 0.224 e. The first-order valence-corrected chi connectivity index (χ1v) is 6.37. The summed E-state index contributed by atoms with van der Waals surface area (Å²) in [5.41, 5.74) is 6.81. The molecule has 1 aromatic rings. The molecule has 0 saturated carbocycles. The van der Waals surface area contributed by atoms with Gasteiger partial charge in [0.15, 0.2) is 0 Å². The molecule has 1 amide bonds. The summed E-state index contributed by atoms with van der Waals surface area (Å²) >= 11 is 0. The maximum Gasteiger partial charge on any atom is 0.224 e. The second-order valence-electron chi connectivity index (χ2n) is 5.82. The Hall–Kier alpha value is -1.36. The maximum atomic E-state index is 12.0. The van der Waals surface area contributed by atoms with Gasteiger partial charge in [-0.25, -0.2) is 4.98 Å². The number of amides is 1. The predicted molar refractivity (Wildman–Crippen MR) is 71.9 cm³/mol. The molecule has 4 N–H and O–H groups in total. The minimum atomic E-state index is -0.105. The first kappa shape index (κ1) is 14.7. The second kappa shape index (κ2) is 6.54. The van der Waals surface area contributed by atoms with E-state index in [9.17, 15) is 4.79 Å². The number of hydrogen-bond acceptors (Lipinski definition) is 3. The van der Waals surface area contributed by atoms with Crippen LogP contribution in [0.5, 0.6) is 0 Å². The van der Waals surface area contributed by atoms with Crippen molar-refractivity contribution < 1.29 is 4.79 Å². The molecule has 0 fully saturated rings. The summed E-state index contributed by atoms with van der Waals surface area (Å²) in [6.45, 7) is 7.36. The third-order valence-electron chi connectivity index (χ3n) is 2.76. The lowest BCUT2D eigenvalue weighted by molar-refractivity contribution is -0.125. The van der Waals surface area contributed by atoms with Crippen molar-refractivity contribution in [3.05, 3.63) is 18.2 Å². The summed E-state index contributed by atoms with van der Waals surface area (Å²) in [4.78, 5) is 18.9. The van der Waals surface area contributed by atoms with Crippen molar-refractivity contribution in [2.45, 2.75) is 33.6 Å². The van der Waals surface area contributed by atoms with Crippen LogP contribution in [0.1, 0.15) is 32.9 Å². The van der Waals surface area contributed by atoms with E-state index in [4.69, 9.17) is 5.73 Å². The number of aromatic amines is 1. The summed E-state index contributed by atoms with van der Waals surface area (Å²) in [6, 6.07) is 0. The first-order chi connectivity index (χ1) is 8.42. The fraction of sp³-hybridized carbons (Fsp3) is 0.692. The molecule has 0 aliphatic carbocycles. The van der Waals surface area contributed by atoms with Crippen molar-refractivity contribution in [2.75, 3.05) is 13.1 Å². The number of H-pyrrole nitrogens is 1. The number of rotatable bonds is 6. The molecule has 0 radical (unpaired) electrons. The van der Waals surface area contributed by atoms with E-state index in [1.165, 1.54) is 0 Å². The molecule has 1 aromatic heterocycles. The molecule has 102 valence electrons. The normalized spacial score (nSPS) is 13.3. The molecule has 1 unspecified atom stereocenters. The Bertz CT molecular complexity index is 354. The van der Waals surface area contributed by atoms with Gasteiger partial charge in [0.1, 0.15) is 0 Å². The number of aromatic nitrogens is 2. The molecule has 0 spiro atoms. The lowest BCUT2D eigenvalue weighted by atomic mass is 9.84. The standard InChI is InChI=1S/C13H24N4O/c1-13(2,3)6-10(7-14)12(18)16-5-4-11-8-15-9-17-11/h8-10H,4-7,14H2,1-3H3,(H,15,17)(H,16,18). The molecule has 1 heterocycles. The summed E-state index contributed by atoms with van der Waals surface area (Å²) in [5, 5.41) is 2.93. The van der Waals surface area contributed by atoms with Crippen molar-refractivity contribution in [2.24, 2.45) is 17.1 Å². The minimum Gasteiger partial charge on any atom is -0.355 e. The van der Waals surface area contributed by atoms with E-state index in [0.29, 0.717) is 13.1 Å². The number of hydrogen-bond donors (Lipinski definition) is 3.